The fraction of sp³-hybridized carbons (Fsp3) is 0.333. The molecule has 0 aromatic heterocycles. The molecule has 1 aliphatic heterocycles. The highest BCUT2D eigenvalue weighted by Crippen LogP contribution is 2.28. The smallest absolute Gasteiger partial charge is 0.146 e. The van der Waals surface area contributed by atoms with Crippen molar-refractivity contribution in [3.8, 4) is 11.5 Å². The van der Waals surface area contributed by atoms with E-state index in [2.05, 4.69) is 27.5 Å². The summed E-state index contributed by atoms with van der Waals surface area (Å²) in [5.41, 5.74) is 0.608. The van der Waals surface area contributed by atoms with Crippen LogP contribution in [0.15, 0.2) is 42.5 Å². The summed E-state index contributed by atoms with van der Waals surface area (Å²) in [4.78, 5) is 2.06. The van der Waals surface area contributed by atoms with Crippen LogP contribution in [0.25, 0.3) is 0 Å². The summed E-state index contributed by atoms with van der Waals surface area (Å²) >= 11 is 2.28. The number of halogens is 2. The van der Waals surface area contributed by atoms with Crippen LogP contribution < -0.4 is 14.4 Å². The van der Waals surface area contributed by atoms with Crippen LogP contribution in [0.5, 0.6) is 11.5 Å². The topological polar surface area (TPSA) is 21.7 Å². The van der Waals surface area contributed by atoms with Gasteiger partial charge >= 0.3 is 0 Å². The summed E-state index contributed by atoms with van der Waals surface area (Å²) < 4.78 is 26.4. The molecule has 5 heteroatoms. The van der Waals surface area contributed by atoms with E-state index in [0.29, 0.717) is 11.4 Å². The Bertz CT molecular complexity index is 655. The molecule has 1 heterocycles. The molecule has 1 saturated heterocycles. The molecule has 1 fully saturated rings. The number of anilines is 1. The quantitative estimate of drug-likeness (QED) is 0.672. The summed E-state index contributed by atoms with van der Waals surface area (Å²) in [6.45, 7) is 1.55. The Kier molecular flexibility index (Phi) is 5.25. The first kappa shape index (κ1) is 16.4. The molecule has 3 rings (SSSR count). The first-order chi connectivity index (χ1) is 11.2. The van der Waals surface area contributed by atoms with Crippen molar-refractivity contribution in [3.05, 3.63) is 51.9 Å². The van der Waals surface area contributed by atoms with E-state index < -0.39 is 0 Å². The molecule has 1 aliphatic rings. The Morgan fingerprint density at radius 1 is 1.04 bits per heavy atom. The Morgan fingerprint density at radius 3 is 2.35 bits per heavy atom. The fourth-order valence-electron chi connectivity index (χ4n) is 2.78. The molecular weight excluding hydrogens is 408 g/mol. The Hall–Kier alpha value is -1.50. The summed E-state index contributed by atoms with van der Waals surface area (Å²) in [6, 6.07) is 12.9. The summed E-state index contributed by atoms with van der Waals surface area (Å²) in [5, 5.41) is 0. The van der Waals surface area contributed by atoms with Crippen molar-refractivity contribution in [2.75, 3.05) is 25.1 Å². The maximum atomic E-state index is 14.0. The van der Waals surface area contributed by atoms with E-state index in [4.69, 9.17) is 9.47 Å². The van der Waals surface area contributed by atoms with E-state index in [1.165, 1.54) is 9.64 Å². The van der Waals surface area contributed by atoms with Crippen LogP contribution in [-0.2, 0) is 0 Å². The van der Waals surface area contributed by atoms with E-state index in [0.717, 1.165) is 31.7 Å². The second-order valence-corrected chi connectivity index (χ2v) is 6.82. The minimum absolute atomic E-state index is 0.181. The maximum Gasteiger partial charge on any atom is 0.146 e. The molecule has 3 nitrogen and oxygen atoms in total. The van der Waals surface area contributed by atoms with Gasteiger partial charge in [-0.15, -0.1) is 0 Å². The number of hydrogen-bond acceptors (Lipinski definition) is 3. The van der Waals surface area contributed by atoms with Crippen molar-refractivity contribution in [1.82, 2.24) is 0 Å². The highest BCUT2D eigenvalue weighted by Gasteiger charge is 2.23. The zero-order valence-electron chi connectivity index (χ0n) is 13.0. The van der Waals surface area contributed by atoms with E-state index in [-0.39, 0.29) is 11.9 Å². The second-order valence-electron chi connectivity index (χ2n) is 5.58. The van der Waals surface area contributed by atoms with Gasteiger partial charge < -0.3 is 14.4 Å². The van der Waals surface area contributed by atoms with Crippen molar-refractivity contribution in [2.45, 2.75) is 18.9 Å². The lowest BCUT2D eigenvalue weighted by Gasteiger charge is -2.34. The Labute approximate surface area is 149 Å². The van der Waals surface area contributed by atoms with Crippen LogP contribution in [-0.4, -0.2) is 26.3 Å². The number of benzene rings is 2. The summed E-state index contributed by atoms with van der Waals surface area (Å²) in [6.07, 6.45) is 1.94. The summed E-state index contributed by atoms with van der Waals surface area (Å²) in [7, 11) is 1.60. The molecule has 0 bridgehead atoms. The number of nitrogens with zero attached hydrogens (tertiary/aromatic N) is 1. The molecule has 0 saturated carbocycles. The van der Waals surface area contributed by atoms with Gasteiger partial charge in [-0.1, -0.05) is 0 Å². The van der Waals surface area contributed by atoms with Gasteiger partial charge in [0.1, 0.15) is 23.4 Å². The molecule has 0 aliphatic carbocycles. The van der Waals surface area contributed by atoms with Crippen LogP contribution in [0.2, 0.25) is 0 Å². The lowest BCUT2D eigenvalue weighted by atomic mass is 10.1. The number of methoxy groups -OCH3 is 1. The zero-order chi connectivity index (χ0) is 16.2. The number of piperidine rings is 1. The normalized spacial score (nSPS) is 15.5. The van der Waals surface area contributed by atoms with Crippen molar-refractivity contribution in [2.24, 2.45) is 0 Å². The molecule has 23 heavy (non-hydrogen) atoms. The van der Waals surface area contributed by atoms with Crippen LogP contribution >= 0.6 is 22.6 Å². The van der Waals surface area contributed by atoms with E-state index in [1.54, 1.807) is 19.2 Å². The van der Waals surface area contributed by atoms with Crippen molar-refractivity contribution >= 4 is 28.3 Å². The predicted octanol–water partition coefficient (Wildman–Crippen LogP) is 4.49. The second kappa shape index (κ2) is 7.38. The SMILES string of the molecule is COc1ccc(F)c(N2CCC(Oc3ccc(I)cc3)CC2)c1. The van der Waals surface area contributed by atoms with Crippen LogP contribution in [0, 0.1) is 9.39 Å². The first-order valence-electron chi connectivity index (χ1n) is 7.66. The maximum absolute atomic E-state index is 14.0. The molecule has 0 N–H and O–H groups in total. The number of hydrogen-bond donors (Lipinski definition) is 0. The highest BCUT2D eigenvalue weighted by atomic mass is 127. The minimum Gasteiger partial charge on any atom is -0.497 e. The molecule has 0 atom stereocenters. The molecule has 0 amide bonds. The van der Waals surface area contributed by atoms with Gasteiger partial charge in [-0.05, 0) is 59.0 Å². The minimum atomic E-state index is -0.206. The van der Waals surface area contributed by atoms with E-state index >= 15 is 0 Å². The number of ether oxygens (including phenoxy) is 2. The molecule has 0 spiro atoms. The highest BCUT2D eigenvalue weighted by molar-refractivity contribution is 14.1. The lowest BCUT2D eigenvalue weighted by molar-refractivity contribution is 0.170. The molecular formula is C18H19FINO2. The average Bonchev–Trinajstić information content (AvgIpc) is 2.58. The van der Waals surface area contributed by atoms with Gasteiger partial charge in [0.2, 0.25) is 0 Å². The predicted molar refractivity (Wildman–Crippen MR) is 98.0 cm³/mol. The molecule has 122 valence electrons. The Morgan fingerprint density at radius 2 is 1.70 bits per heavy atom. The largest absolute Gasteiger partial charge is 0.497 e. The van der Waals surface area contributed by atoms with Crippen molar-refractivity contribution in [3.63, 3.8) is 0 Å². The third-order valence-corrected chi connectivity index (χ3v) is 4.77. The van der Waals surface area contributed by atoms with Crippen LogP contribution in [0.1, 0.15) is 12.8 Å². The monoisotopic (exact) mass is 427 g/mol. The van der Waals surface area contributed by atoms with Crippen molar-refractivity contribution < 1.29 is 13.9 Å². The first-order valence-corrected chi connectivity index (χ1v) is 8.74. The number of rotatable bonds is 4. The Balaban J connectivity index is 1.61. The van der Waals surface area contributed by atoms with Crippen LogP contribution in [0.3, 0.4) is 0 Å². The van der Waals surface area contributed by atoms with E-state index in [9.17, 15) is 4.39 Å². The lowest BCUT2D eigenvalue weighted by Crippen LogP contribution is -2.38. The standard InChI is InChI=1S/C18H19FINO2/c1-22-16-6-7-17(19)18(12-16)21-10-8-15(9-11-21)23-14-4-2-13(20)3-5-14/h2-7,12,15H,8-11H2,1H3. The van der Waals surface area contributed by atoms with Crippen molar-refractivity contribution in [1.29, 1.82) is 0 Å². The van der Waals surface area contributed by atoms with Gasteiger partial charge in [-0.25, -0.2) is 4.39 Å². The fourth-order valence-corrected chi connectivity index (χ4v) is 3.14. The summed E-state index contributed by atoms with van der Waals surface area (Å²) in [5.74, 6) is 1.37. The zero-order valence-corrected chi connectivity index (χ0v) is 15.1. The van der Waals surface area contributed by atoms with Crippen LogP contribution in [0.4, 0.5) is 10.1 Å². The van der Waals surface area contributed by atoms with E-state index in [1.807, 2.05) is 24.3 Å². The van der Waals surface area contributed by atoms with Gasteiger partial charge in [-0.3, -0.25) is 0 Å². The van der Waals surface area contributed by atoms with Gasteiger partial charge in [0.15, 0.2) is 0 Å². The van der Waals surface area contributed by atoms with Gasteiger partial charge in [0, 0.05) is 35.6 Å². The molecule has 2 aromatic rings. The molecule has 2 aromatic carbocycles. The van der Waals surface area contributed by atoms with Gasteiger partial charge in [0.25, 0.3) is 0 Å². The average molecular weight is 427 g/mol. The van der Waals surface area contributed by atoms with Gasteiger partial charge in [0.05, 0.1) is 12.8 Å². The van der Waals surface area contributed by atoms with Gasteiger partial charge in [-0.2, -0.15) is 0 Å². The molecule has 0 radical (unpaired) electrons. The third kappa shape index (κ3) is 4.07. The third-order valence-electron chi connectivity index (χ3n) is 4.05. The molecule has 0 unspecified atom stereocenters.